The molecule has 0 aromatic carbocycles. The summed E-state index contributed by atoms with van der Waals surface area (Å²) >= 11 is 1.03. The maximum atomic E-state index is 11.5. The van der Waals surface area contributed by atoms with Crippen molar-refractivity contribution in [2.45, 2.75) is 4.21 Å². The van der Waals surface area contributed by atoms with Crippen LogP contribution in [-0.2, 0) is 19.1 Å². The van der Waals surface area contributed by atoms with E-state index in [1.807, 2.05) is 4.72 Å². The summed E-state index contributed by atoms with van der Waals surface area (Å²) in [6, 6.07) is 2.98. The van der Waals surface area contributed by atoms with E-state index in [1.165, 1.54) is 6.07 Å². The number of thiophene rings is 1. The number of sulfonamides is 1. The summed E-state index contributed by atoms with van der Waals surface area (Å²) in [4.78, 5) is 8.99. The van der Waals surface area contributed by atoms with Gasteiger partial charge < -0.3 is 10.8 Å². The van der Waals surface area contributed by atoms with Crippen LogP contribution in [0.25, 0.3) is 0 Å². The number of hydrogen-bond acceptors (Lipinski definition) is 5. The molecule has 0 amide bonds. The maximum Gasteiger partial charge on any atom is 1.00 e. The van der Waals surface area contributed by atoms with E-state index in [0.29, 0.717) is 0 Å². The molecule has 0 fully saturated rings. The topological polar surface area (TPSA) is 92.7 Å². The van der Waals surface area contributed by atoms with Gasteiger partial charge in [0.05, 0.1) is 0 Å². The predicted octanol–water partition coefficient (Wildman–Crippen LogP) is -2.07. The Balaban J connectivity index is 0. The summed E-state index contributed by atoms with van der Waals surface area (Å²) in [6.45, 7) is 0. The van der Waals surface area contributed by atoms with E-state index in [2.05, 4.69) is 4.52 Å². The smallest absolute Gasteiger partial charge is 1.00 e. The zero-order chi connectivity index (χ0) is 11.5. The van der Waals surface area contributed by atoms with Gasteiger partial charge >= 0.3 is 37.2 Å². The minimum Gasteiger partial charge on any atom is -1.00 e. The average Bonchev–Trinajstić information content (AvgIpc) is 2.69. The molecule has 1 unspecified atom stereocenters. The van der Waals surface area contributed by atoms with Crippen molar-refractivity contribution >= 4 is 29.0 Å². The summed E-state index contributed by atoms with van der Waals surface area (Å²) in [7, 11) is -6.52. The monoisotopic (exact) mass is 295 g/mol. The first-order chi connectivity index (χ1) is 6.87. The third kappa shape index (κ3) is 4.95. The van der Waals surface area contributed by atoms with Crippen LogP contribution in [0, 0.1) is 0 Å². The Morgan fingerprint density at radius 2 is 2.31 bits per heavy atom. The van der Waals surface area contributed by atoms with Crippen LogP contribution in [0.2, 0.25) is 0 Å². The zero-order valence-corrected chi connectivity index (χ0v) is 13.3. The van der Waals surface area contributed by atoms with Crippen LogP contribution in [0.1, 0.15) is 1.43 Å². The van der Waals surface area contributed by atoms with Crippen LogP contribution >= 0.6 is 18.9 Å². The predicted molar refractivity (Wildman–Crippen MR) is 57.5 cm³/mol. The normalized spacial score (nSPS) is 15.1. The molecule has 10 heteroatoms. The summed E-state index contributed by atoms with van der Waals surface area (Å²) in [5, 5.41) is 1.60. The molecule has 0 radical (unpaired) electrons. The van der Waals surface area contributed by atoms with Crippen LogP contribution in [0.3, 0.4) is 0 Å². The van der Waals surface area contributed by atoms with Crippen LogP contribution in [-0.4, -0.2) is 26.7 Å². The molecule has 2 N–H and O–H groups in total. The third-order valence-electron chi connectivity index (χ3n) is 1.50. The molecule has 1 aromatic rings. The Bertz CT molecular complexity index is 465. The fraction of sp³-hybridized carbons (Fsp3) is 0.333. The Hall–Kier alpha value is 0.760. The van der Waals surface area contributed by atoms with Gasteiger partial charge in [0.15, 0.2) is 0 Å². The van der Waals surface area contributed by atoms with Gasteiger partial charge in [0.1, 0.15) is 10.5 Å². The fourth-order valence-corrected chi connectivity index (χ4v) is 3.88. The number of hydrogen-bond donors (Lipinski definition) is 2. The molecule has 0 saturated heterocycles. The second kappa shape index (κ2) is 6.63. The van der Waals surface area contributed by atoms with E-state index in [4.69, 9.17) is 4.89 Å². The van der Waals surface area contributed by atoms with Crippen molar-refractivity contribution in [3.63, 3.8) is 0 Å². The van der Waals surface area contributed by atoms with E-state index in [9.17, 15) is 13.0 Å². The molecule has 1 aromatic heterocycles. The van der Waals surface area contributed by atoms with Gasteiger partial charge in [0, 0.05) is 7.11 Å². The second-order valence-corrected chi connectivity index (χ2v) is 7.46. The quantitative estimate of drug-likeness (QED) is 0.481. The first-order valence-corrected chi connectivity index (χ1v) is 7.91. The summed E-state index contributed by atoms with van der Waals surface area (Å²) in [5.41, 5.74) is 0. The Kier molecular flexibility index (Phi) is 6.94. The molecule has 16 heavy (non-hydrogen) atoms. The molecule has 6 nitrogen and oxygen atoms in total. The van der Waals surface area contributed by atoms with Crippen LogP contribution in [0.15, 0.2) is 21.7 Å². The number of rotatable bonds is 5. The van der Waals surface area contributed by atoms with Crippen molar-refractivity contribution in [1.29, 1.82) is 0 Å². The largest absolute Gasteiger partial charge is 1.00 e. The van der Waals surface area contributed by atoms with E-state index < -0.39 is 23.9 Å². The molecular formula is C6H11NNaO5PS2. The van der Waals surface area contributed by atoms with Crippen molar-refractivity contribution in [3.05, 3.63) is 17.5 Å². The third-order valence-corrected chi connectivity index (χ3v) is 5.64. The molecule has 0 aliphatic rings. The molecule has 0 spiro atoms. The first-order valence-electron chi connectivity index (χ1n) is 3.78. The molecule has 88 valence electrons. The molecular weight excluding hydrogens is 284 g/mol. The molecule has 0 saturated carbocycles. The van der Waals surface area contributed by atoms with Gasteiger partial charge in [-0.1, -0.05) is 6.07 Å². The van der Waals surface area contributed by atoms with Crippen molar-refractivity contribution in [2.75, 3.05) is 13.4 Å². The zero-order valence-electron chi connectivity index (χ0n) is 9.78. The molecule has 0 aliphatic heterocycles. The van der Waals surface area contributed by atoms with Gasteiger partial charge in [-0.2, -0.15) is 4.72 Å². The van der Waals surface area contributed by atoms with Crippen molar-refractivity contribution in [3.8, 4) is 0 Å². The average molecular weight is 295 g/mol. The van der Waals surface area contributed by atoms with E-state index in [0.717, 1.165) is 18.4 Å². The second-order valence-electron chi connectivity index (χ2n) is 2.56. The summed E-state index contributed by atoms with van der Waals surface area (Å²) < 4.78 is 40.3. The first kappa shape index (κ1) is 16.8. The van der Waals surface area contributed by atoms with Crippen molar-refractivity contribution < 1.29 is 53.4 Å². The van der Waals surface area contributed by atoms with Crippen molar-refractivity contribution in [1.82, 2.24) is 4.72 Å². The maximum absolute atomic E-state index is 11.5. The van der Waals surface area contributed by atoms with E-state index >= 15 is 0 Å². The molecule has 0 aliphatic carbocycles. The number of nitrogens with one attached hydrogen (secondary N) is 1. The van der Waals surface area contributed by atoms with Gasteiger partial charge in [0.25, 0.3) is 10.0 Å². The molecule has 1 heterocycles. The van der Waals surface area contributed by atoms with Gasteiger partial charge in [-0.3, -0.25) is 4.57 Å². The molecule has 0 bridgehead atoms. The minimum atomic E-state index is -3.86. The van der Waals surface area contributed by atoms with Crippen LogP contribution < -0.4 is 34.3 Å². The Labute approximate surface area is 121 Å². The fourth-order valence-electron chi connectivity index (χ4n) is 0.719. The Morgan fingerprint density at radius 1 is 1.69 bits per heavy atom. The molecule has 1 rings (SSSR count). The van der Waals surface area contributed by atoms with Gasteiger partial charge in [-0.05, 0) is 11.4 Å². The SMILES string of the molecule is COP(=O)(O)CNS(=O)(=O)c1cccs1.[H-].[Na+]. The minimum absolute atomic E-state index is 0. The van der Waals surface area contributed by atoms with E-state index in [-0.39, 0.29) is 35.2 Å². The van der Waals surface area contributed by atoms with Gasteiger partial charge in [-0.25, -0.2) is 8.42 Å². The van der Waals surface area contributed by atoms with Crippen molar-refractivity contribution in [2.24, 2.45) is 0 Å². The van der Waals surface area contributed by atoms with Crippen LogP contribution in [0.4, 0.5) is 0 Å². The molecule has 1 atom stereocenters. The summed E-state index contributed by atoms with van der Waals surface area (Å²) in [6.07, 6.45) is -0.635. The standard InChI is InChI=1S/C6H10NO5PS2.Na.H/c1-12-13(8,9)5-7-15(10,11)6-3-2-4-14-6;;/h2-4,7H,5H2,1H3,(H,8,9);;/q;+1;-1. The van der Waals surface area contributed by atoms with Crippen LogP contribution in [0.5, 0.6) is 0 Å². The van der Waals surface area contributed by atoms with Gasteiger partial charge in [-0.15, -0.1) is 11.3 Å². The summed E-state index contributed by atoms with van der Waals surface area (Å²) in [5.74, 6) is 0. The van der Waals surface area contributed by atoms with E-state index in [1.54, 1.807) is 11.4 Å². The Morgan fingerprint density at radius 3 is 2.75 bits per heavy atom. The van der Waals surface area contributed by atoms with Gasteiger partial charge in [0.2, 0.25) is 0 Å².